The maximum Gasteiger partial charge on any atom is 0.239 e. The number of rotatable bonds is 7. The van der Waals surface area contributed by atoms with Crippen LogP contribution in [0.2, 0.25) is 0 Å². The van der Waals surface area contributed by atoms with Crippen molar-refractivity contribution >= 4 is 11.6 Å². The molecular weight excluding hydrogens is 240 g/mol. The number of hydrogen-bond donors (Lipinski definition) is 2. The Morgan fingerprint density at radius 1 is 1.42 bits per heavy atom. The molecule has 1 amide bonds. The average Bonchev–Trinajstić information content (AvgIpc) is 3.23. The topological polar surface area (TPSA) is 52.6 Å². The third-order valence-electron chi connectivity index (χ3n) is 3.56. The van der Waals surface area contributed by atoms with E-state index >= 15 is 0 Å². The summed E-state index contributed by atoms with van der Waals surface area (Å²) in [6.45, 7) is 0.481. The molecule has 19 heavy (non-hydrogen) atoms. The molecule has 0 aromatic heterocycles. The fourth-order valence-electron chi connectivity index (χ4n) is 2.30. The van der Waals surface area contributed by atoms with E-state index in [9.17, 15) is 4.79 Å². The first kappa shape index (κ1) is 13.9. The van der Waals surface area contributed by atoms with Gasteiger partial charge in [0.25, 0.3) is 0 Å². The molecule has 4 nitrogen and oxygen atoms in total. The first-order chi connectivity index (χ1) is 9.20. The number of aliphatic hydroxyl groups is 1. The number of likely N-dealkylation sites (N-methyl/N-ethyl adjacent to an activating group) is 1. The number of carbonyl (C=O) groups excluding carboxylic acids is 1. The van der Waals surface area contributed by atoms with Gasteiger partial charge in [0.2, 0.25) is 5.91 Å². The van der Waals surface area contributed by atoms with Crippen molar-refractivity contribution < 1.29 is 9.90 Å². The van der Waals surface area contributed by atoms with E-state index in [1.54, 1.807) is 0 Å². The molecule has 104 valence electrons. The molecule has 0 spiro atoms. The van der Waals surface area contributed by atoms with Crippen LogP contribution in [0.25, 0.3) is 0 Å². The lowest BCUT2D eigenvalue weighted by atomic mass is 10.1. The first-order valence-corrected chi connectivity index (χ1v) is 6.87. The normalized spacial score (nSPS) is 15.9. The molecule has 2 rings (SSSR count). The highest BCUT2D eigenvalue weighted by atomic mass is 16.3. The van der Waals surface area contributed by atoms with Crippen LogP contribution in [0.15, 0.2) is 30.3 Å². The highest BCUT2D eigenvalue weighted by Crippen LogP contribution is 2.33. The predicted octanol–water partition coefficient (Wildman–Crippen LogP) is 1.40. The van der Waals surface area contributed by atoms with Crippen molar-refractivity contribution in [2.24, 2.45) is 5.92 Å². The Bertz CT molecular complexity index is 404. The van der Waals surface area contributed by atoms with Gasteiger partial charge in [-0.1, -0.05) is 18.2 Å². The van der Waals surface area contributed by atoms with E-state index in [-0.39, 0.29) is 18.6 Å². The molecule has 0 bridgehead atoms. The molecule has 1 fully saturated rings. The summed E-state index contributed by atoms with van der Waals surface area (Å²) in [5, 5.41) is 12.1. The van der Waals surface area contributed by atoms with Gasteiger partial charge in [0, 0.05) is 25.4 Å². The summed E-state index contributed by atoms with van der Waals surface area (Å²) in [6, 6.07) is 9.99. The minimum atomic E-state index is 0.0247. The Morgan fingerprint density at radius 3 is 2.68 bits per heavy atom. The van der Waals surface area contributed by atoms with Crippen LogP contribution in [0.3, 0.4) is 0 Å². The second-order valence-corrected chi connectivity index (χ2v) is 5.22. The van der Waals surface area contributed by atoms with E-state index in [0.717, 1.165) is 5.69 Å². The van der Waals surface area contributed by atoms with E-state index in [1.807, 2.05) is 42.3 Å². The van der Waals surface area contributed by atoms with Crippen LogP contribution in [0.4, 0.5) is 5.69 Å². The summed E-state index contributed by atoms with van der Waals surface area (Å²) in [4.78, 5) is 13.9. The minimum absolute atomic E-state index is 0.0247. The van der Waals surface area contributed by atoms with Crippen LogP contribution < -0.4 is 10.2 Å². The van der Waals surface area contributed by atoms with E-state index < -0.39 is 0 Å². The van der Waals surface area contributed by atoms with Gasteiger partial charge in [0.1, 0.15) is 0 Å². The zero-order chi connectivity index (χ0) is 13.7. The average molecular weight is 262 g/mol. The van der Waals surface area contributed by atoms with E-state index in [2.05, 4.69) is 5.32 Å². The van der Waals surface area contributed by atoms with Gasteiger partial charge < -0.3 is 15.3 Å². The molecular formula is C15H22N2O2. The Balaban J connectivity index is 1.83. The highest BCUT2D eigenvalue weighted by molar-refractivity contribution is 5.81. The summed E-state index contributed by atoms with van der Waals surface area (Å²) in [5.41, 5.74) is 1.03. The van der Waals surface area contributed by atoms with Gasteiger partial charge in [0.05, 0.1) is 6.54 Å². The number of nitrogens with zero attached hydrogens (tertiary/aromatic N) is 1. The quantitative estimate of drug-likeness (QED) is 0.781. The molecule has 0 radical (unpaired) electrons. The molecule has 4 heteroatoms. The smallest absolute Gasteiger partial charge is 0.239 e. The van der Waals surface area contributed by atoms with E-state index in [0.29, 0.717) is 18.9 Å². The lowest BCUT2D eigenvalue weighted by Crippen LogP contribution is -2.42. The molecule has 1 aliphatic carbocycles. The fraction of sp³-hybridized carbons (Fsp3) is 0.533. The Hall–Kier alpha value is -1.55. The molecule has 0 heterocycles. The number of aliphatic hydroxyl groups excluding tert-OH is 1. The highest BCUT2D eigenvalue weighted by Gasteiger charge is 2.31. The minimum Gasteiger partial charge on any atom is -0.396 e. The Morgan fingerprint density at radius 2 is 2.11 bits per heavy atom. The zero-order valence-electron chi connectivity index (χ0n) is 11.4. The standard InChI is InChI=1S/C15H22N2O2/c1-17(13-5-3-2-4-6-13)11-15(19)16-14(9-10-18)12-7-8-12/h2-6,12,14,18H,7-11H2,1H3,(H,16,19). The van der Waals surface area contributed by atoms with Crippen LogP contribution in [0.5, 0.6) is 0 Å². The zero-order valence-corrected chi connectivity index (χ0v) is 11.4. The lowest BCUT2D eigenvalue weighted by molar-refractivity contribution is -0.120. The molecule has 1 aliphatic rings. The lowest BCUT2D eigenvalue weighted by Gasteiger charge is -2.22. The molecule has 1 atom stereocenters. The number of nitrogens with one attached hydrogen (secondary N) is 1. The number of benzene rings is 1. The summed E-state index contributed by atoms with van der Waals surface area (Å²) in [7, 11) is 1.91. The van der Waals surface area contributed by atoms with Crippen LogP contribution in [-0.2, 0) is 4.79 Å². The van der Waals surface area contributed by atoms with Crippen molar-refractivity contribution in [1.82, 2.24) is 5.32 Å². The van der Waals surface area contributed by atoms with Crippen LogP contribution >= 0.6 is 0 Å². The maximum atomic E-state index is 12.0. The fourth-order valence-corrected chi connectivity index (χ4v) is 2.30. The van der Waals surface area contributed by atoms with Gasteiger partial charge in [-0.15, -0.1) is 0 Å². The number of anilines is 1. The SMILES string of the molecule is CN(CC(=O)NC(CCO)C1CC1)c1ccccc1. The summed E-state index contributed by atoms with van der Waals surface area (Å²) in [6.07, 6.45) is 2.99. The molecule has 1 aromatic rings. The van der Waals surface area contributed by atoms with Gasteiger partial charge in [0.15, 0.2) is 0 Å². The van der Waals surface area contributed by atoms with Crippen molar-refractivity contribution in [1.29, 1.82) is 0 Å². The molecule has 0 saturated heterocycles. The summed E-state index contributed by atoms with van der Waals surface area (Å²) in [5.74, 6) is 0.592. The molecule has 1 unspecified atom stereocenters. The predicted molar refractivity (Wildman–Crippen MR) is 76.1 cm³/mol. The Labute approximate surface area is 114 Å². The summed E-state index contributed by atoms with van der Waals surface area (Å²) < 4.78 is 0. The number of hydrogen-bond acceptors (Lipinski definition) is 3. The second-order valence-electron chi connectivity index (χ2n) is 5.22. The maximum absolute atomic E-state index is 12.0. The number of carbonyl (C=O) groups is 1. The van der Waals surface area contributed by atoms with Gasteiger partial charge >= 0.3 is 0 Å². The monoisotopic (exact) mass is 262 g/mol. The van der Waals surface area contributed by atoms with Gasteiger partial charge in [-0.05, 0) is 37.3 Å². The van der Waals surface area contributed by atoms with Crippen LogP contribution in [0.1, 0.15) is 19.3 Å². The largest absolute Gasteiger partial charge is 0.396 e. The molecule has 1 aromatic carbocycles. The molecule has 1 saturated carbocycles. The second kappa shape index (κ2) is 6.57. The van der Waals surface area contributed by atoms with Gasteiger partial charge in [-0.3, -0.25) is 4.79 Å². The molecule has 2 N–H and O–H groups in total. The first-order valence-electron chi connectivity index (χ1n) is 6.87. The number of para-hydroxylation sites is 1. The van der Waals surface area contributed by atoms with Crippen molar-refractivity contribution in [2.45, 2.75) is 25.3 Å². The van der Waals surface area contributed by atoms with Crippen molar-refractivity contribution in [3.8, 4) is 0 Å². The van der Waals surface area contributed by atoms with Gasteiger partial charge in [-0.2, -0.15) is 0 Å². The summed E-state index contributed by atoms with van der Waals surface area (Å²) >= 11 is 0. The van der Waals surface area contributed by atoms with E-state index in [1.165, 1.54) is 12.8 Å². The van der Waals surface area contributed by atoms with Crippen molar-refractivity contribution in [2.75, 3.05) is 25.1 Å². The van der Waals surface area contributed by atoms with Crippen molar-refractivity contribution in [3.05, 3.63) is 30.3 Å². The van der Waals surface area contributed by atoms with Crippen LogP contribution in [0, 0.1) is 5.92 Å². The third-order valence-corrected chi connectivity index (χ3v) is 3.56. The van der Waals surface area contributed by atoms with Crippen molar-refractivity contribution in [3.63, 3.8) is 0 Å². The molecule has 0 aliphatic heterocycles. The Kier molecular flexibility index (Phi) is 4.80. The van der Waals surface area contributed by atoms with E-state index in [4.69, 9.17) is 5.11 Å². The third kappa shape index (κ3) is 4.24. The van der Waals surface area contributed by atoms with Gasteiger partial charge in [-0.25, -0.2) is 0 Å². The van der Waals surface area contributed by atoms with Crippen LogP contribution in [-0.4, -0.2) is 37.3 Å². The number of amides is 1.